The third-order valence-electron chi connectivity index (χ3n) is 2.09. The van der Waals surface area contributed by atoms with Gasteiger partial charge in [-0.05, 0) is 12.8 Å². The summed E-state index contributed by atoms with van der Waals surface area (Å²) in [6.45, 7) is 1.07. The summed E-state index contributed by atoms with van der Waals surface area (Å²) in [5.41, 5.74) is 5.45. The molecule has 6 nitrogen and oxygen atoms in total. The molecule has 0 saturated heterocycles. The molecule has 0 aliphatic rings. The molecule has 0 aromatic heterocycles. The predicted octanol–water partition coefficient (Wildman–Crippen LogP) is 0.351. The average molecular weight is 250 g/mol. The zero-order chi connectivity index (χ0) is 13.3. The lowest BCUT2D eigenvalue weighted by Crippen LogP contribution is -2.42. The maximum absolute atomic E-state index is 11.9. The van der Waals surface area contributed by atoms with Crippen LogP contribution in [0.4, 0.5) is 9.18 Å². The molecule has 0 fully saturated rings. The van der Waals surface area contributed by atoms with Gasteiger partial charge in [-0.2, -0.15) is 0 Å². The number of alkyl carbamates (subject to hydrolysis) is 1. The van der Waals surface area contributed by atoms with Crippen LogP contribution in [-0.2, 0) is 14.3 Å². The number of esters is 1. The number of ether oxygens (including phenoxy) is 2. The van der Waals surface area contributed by atoms with Crippen molar-refractivity contribution in [3.63, 3.8) is 0 Å². The Morgan fingerprint density at radius 3 is 2.59 bits per heavy atom. The van der Waals surface area contributed by atoms with Gasteiger partial charge in [0.15, 0.2) is 0 Å². The van der Waals surface area contributed by atoms with E-state index in [4.69, 9.17) is 10.5 Å². The average Bonchev–Trinajstić information content (AvgIpc) is 2.32. The minimum Gasteiger partial charge on any atom is -0.467 e. The van der Waals surface area contributed by atoms with Crippen LogP contribution in [-0.4, -0.2) is 44.5 Å². The Bertz CT molecular complexity index is 250. The summed E-state index contributed by atoms with van der Waals surface area (Å²) in [5, 5.41) is 2.33. The quantitative estimate of drug-likeness (QED) is 0.636. The van der Waals surface area contributed by atoms with Crippen LogP contribution in [0, 0.1) is 0 Å². The molecule has 0 aromatic rings. The Balaban J connectivity index is 3.95. The molecule has 0 aromatic carbocycles. The molecule has 0 rings (SSSR count). The summed E-state index contributed by atoms with van der Waals surface area (Å²) < 4.78 is 21.1. The van der Waals surface area contributed by atoms with Gasteiger partial charge in [0.25, 0.3) is 0 Å². The van der Waals surface area contributed by atoms with Crippen LogP contribution in [0.25, 0.3) is 0 Å². The van der Waals surface area contributed by atoms with Crippen LogP contribution >= 0.6 is 0 Å². The van der Waals surface area contributed by atoms with Crippen molar-refractivity contribution < 1.29 is 23.5 Å². The van der Waals surface area contributed by atoms with Gasteiger partial charge in [-0.25, -0.2) is 9.59 Å². The Labute approximate surface area is 99.6 Å². The number of nitrogens with two attached hydrogens (primary N) is 1. The molecule has 0 aliphatic carbocycles. The molecule has 0 saturated carbocycles. The third kappa shape index (κ3) is 6.72. The van der Waals surface area contributed by atoms with E-state index >= 15 is 0 Å². The monoisotopic (exact) mass is 250 g/mol. The SMILES string of the molecule is CCC(NC(=O)OCC(N)CCF)C(=O)OC. The lowest BCUT2D eigenvalue weighted by Gasteiger charge is -2.15. The fourth-order valence-electron chi connectivity index (χ4n) is 1.06. The first-order valence-corrected chi connectivity index (χ1v) is 5.37. The fourth-order valence-corrected chi connectivity index (χ4v) is 1.06. The van der Waals surface area contributed by atoms with Crippen LogP contribution in [0.2, 0.25) is 0 Å². The van der Waals surface area contributed by atoms with Crippen molar-refractivity contribution in [2.45, 2.75) is 31.8 Å². The molecule has 2 unspecified atom stereocenters. The summed E-state index contributed by atoms with van der Waals surface area (Å²) in [7, 11) is 1.23. The largest absolute Gasteiger partial charge is 0.467 e. The van der Waals surface area contributed by atoms with E-state index in [2.05, 4.69) is 10.1 Å². The lowest BCUT2D eigenvalue weighted by atomic mass is 10.2. The van der Waals surface area contributed by atoms with Crippen LogP contribution in [0.5, 0.6) is 0 Å². The molecule has 0 bridgehead atoms. The molecule has 17 heavy (non-hydrogen) atoms. The first-order valence-electron chi connectivity index (χ1n) is 5.37. The summed E-state index contributed by atoms with van der Waals surface area (Å²) in [5.74, 6) is -0.544. The van der Waals surface area contributed by atoms with Gasteiger partial charge in [0.2, 0.25) is 0 Å². The van der Waals surface area contributed by atoms with E-state index < -0.39 is 30.8 Å². The van der Waals surface area contributed by atoms with E-state index in [1.165, 1.54) is 7.11 Å². The van der Waals surface area contributed by atoms with Crippen molar-refractivity contribution in [2.75, 3.05) is 20.4 Å². The van der Waals surface area contributed by atoms with Gasteiger partial charge in [0.1, 0.15) is 12.6 Å². The van der Waals surface area contributed by atoms with Crippen molar-refractivity contribution >= 4 is 12.1 Å². The summed E-state index contributed by atoms with van der Waals surface area (Å²) in [6, 6.07) is -1.28. The van der Waals surface area contributed by atoms with Crippen molar-refractivity contribution in [2.24, 2.45) is 5.73 Å². The number of carbonyl (C=O) groups is 2. The third-order valence-corrected chi connectivity index (χ3v) is 2.09. The van der Waals surface area contributed by atoms with Gasteiger partial charge in [0.05, 0.1) is 13.8 Å². The second kappa shape index (κ2) is 8.74. The van der Waals surface area contributed by atoms with Crippen LogP contribution in [0.1, 0.15) is 19.8 Å². The highest BCUT2D eigenvalue weighted by Crippen LogP contribution is 1.96. The van der Waals surface area contributed by atoms with E-state index in [-0.39, 0.29) is 13.0 Å². The highest BCUT2D eigenvalue weighted by molar-refractivity contribution is 5.81. The Kier molecular flexibility index (Phi) is 8.04. The number of alkyl halides is 1. The molecule has 1 amide bonds. The molecule has 0 heterocycles. The van der Waals surface area contributed by atoms with Crippen molar-refractivity contribution in [3.8, 4) is 0 Å². The van der Waals surface area contributed by atoms with Crippen LogP contribution in [0.3, 0.4) is 0 Å². The van der Waals surface area contributed by atoms with E-state index in [1.807, 2.05) is 0 Å². The lowest BCUT2D eigenvalue weighted by molar-refractivity contribution is -0.143. The van der Waals surface area contributed by atoms with E-state index in [1.54, 1.807) is 6.92 Å². The Morgan fingerprint density at radius 2 is 2.12 bits per heavy atom. The molecule has 0 radical (unpaired) electrons. The minimum atomic E-state index is -0.767. The molecule has 2 atom stereocenters. The van der Waals surface area contributed by atoms with E-state index in [0.29, 0.717) is 6.42 Å². The molecule has 0 aliphatic heterocycles. The number of hydrogen-bond acceptors (Lipinski definition) is 5. The number of rotatable bonds is 7. The van der Waals surface area contributed by atoms with Gasteiger partial charge < -0.3 is 20.5 Å². The number of carbonyl (C=O) groups excluding carboxylic acids is 2. The maximum Gasteiger partial charge on any atom is 0.407 e. The van der Waals surface area contributed by atoms with Crippen molar-refractivity contribution in [1.82, 2.24) is 5.32 Å². The normalized spacial score (nSPS) is 13.6. The molecule has 3 N–H and O–H groups in total. The number of amides is 1. The van der Waals surface area contributed by atoms with Crippen molar-refractivity contribution in [3.05, 3.63) is 0 Å². The zero-order valence-electron chi connectivity index (χ0n) is 10.1. The summed E-state index contributed by atoms with van der Waals surface area (Å²) in [6.07, 6.45) is -0.253. The molecule has 100 valence electrons. The minimum absolute atomic E-state index is 0.0899. The maximum atomic E-state index is 11.9. The number of methoxy groups -OCH3 is 1. The molecular weight excluding hydrogens is 231 g/mol. The van der Waals surface area contributed by atoms with Gasteiger partial charge >= 0.3 is 12.1 Å². The first-order chi connectivity index (χ1) is 8.04. The second-order valence-electron chi connectivity index (χ2n) is 3.46. The fraction of sp³-hybridized carbons (Fsp3) is 0.800. The molecule has 0 spiro atoms. The topological polar surface area (TPSA) is 90.6 Å². The first kappa shape index (κ1) is 15.6. The second-order valence-corrected chi connectivity index (χ2v) is 3.46. The van der Waals surface area contributed by atoms with Crippen LogP contribution in [0.15, 0.2) is 0 Å². The van der Waals surface area contributed by atoms with E-state index in [0.717, 1.165) is 0 Å². The molecular formula is C10H19FN2O4. The summed E-state index contributed by atoms with van der Waals surface area (Å²) in [4.78, 5) is 22.4. The number of halogens is 1. The van der Waals surface area contributed by atoms with Crippen molar-refractivity contribution in [1.29, 1.82) is 0 Å². The molecule has 7 heteroatoms. The van der Waals surface area contributed by atoms with Gasteiger partial charge in [-0.15, -0.1) is 0 Å². The standard InChI is InChI=1S/C10H19FN2O4/c1-3-8(9(14)16-2)13-10(15)17-6-7(12)4-5-11/h7-8H,3-6,12H2,1-2H3,(H,13,15). The van der Waals surface area contributed by atoms with Crippen LogP contribution < -0.4 is 11.1 Å². The highest BCUT2D eigenvalue weighted by atomic mass is 19.1. The van der Waals surface area contributed by atoms with Gasteiger partial charge in [0, 0.05) is 6.04 Å². The smallest absolute Gasteiger partial charge is 0.407 e. The number of nitrogens with one attached hydrogen (secondary N) is 1. The highest BCUT2D eigenvalue weighted by Gasteiger charge is 2.20. The predicted molar refractivity (Wildman–Crippen MR) is 59.1 cm³/mol. The van der Waals surface area contributed by atoms with Gasteiger partial charge in [-0.1, -0.05) is 6.92 Å². The zero-order valence-corrected chi connectivity index (χ0v) is 10.1. The number of hydrogen-bond donors (Lipinski definition) is 2. The van der Waals surface area contributed by atoms with E-state index in [9.17, 15) is 14.0 Å². The summed E-state index contributed by atoms with van der Waals surface area (Å²) >= 11 is 0. The Morgan fingerprint density at radius 1 is 1.47 bits per heavy atom. The Hall–Kier alpha value is -1.37. The van der Waals surface area contributed by atoms with Gasteiger partial charge in [-0.3, -0.25) is 4.39 Å².